The van der Waals surface area contributed by atoms with Crippen LogP contribution in [0.25, 0.3) is 0 Å². The number of hydrogen-bond acceptors (Lipinski definition) is 7. The lowest BCUT2D eigenvalue weighted by atomic mass is 10.1. The topological polar surface area (TPSA) is 129 Å². The second-order valence-electron chi connectivity index (χ2n) is 7.62. The molecule has 0 saturated heterocycles. The van der Waals surface area contributed by atoms with Crippen LogP contribution >= 0.6 is 0 Å². The van der Waals surface area contributed by atoms with E-state index in [9.17, 15) is 13.2 Å². The number of aliphatic imine (C=N–C) groups is 1. The van der Waals surface area contributed by atoms with Crippen LogP contribution in [0.15, 0.2) is 58.4 Å². The summed E-state index contributed by atoms with van der Waals surface area (Å²) in [5.41, 5.74) is 0.994. The lowest BCUT2D eigenvalue weighted by molar-refractivity contribution is -0.136. The molecule has 1 heterocycles. The van der Waals surface area contributed by atoms with Crippen molar-refractivity contribution in [1.82, 2.24) is 10.6 Å². The number of carboxylic acids is 1. The van der Waals surface area contributed by atoms with Crippen LogP contribution in [-0.4, -0.2) is 51.7 Å². The molecule has 0 spiro atoms. The number of para-hydroxylation sites is 1. The molecule has 0 aliphatic carbocycles. The first-order chi connectivity index (χ1) is 15.9. The molecule has 1 aliphatic heterocycles. The van der Waals surface area contributed by atoms with Crippen LogP contribution < -0.4 is 20.1 Å². The zero-order chi connectivity index (χ0) is 23.5. The number of ether oxygens (including phenoxy) is 1. The van der Waals surface area contributed by atoms with Crippen molar-refractivity contribution < 1.29 is 23.1 Å². The number of rotatable bonds is 12. The van der Waals surface area contributed by atoms with E-state index in [0.29, 0.717) is 23.6 Å². The fourth-order valence-electron chi connectivity index (χ4n) is 3.29. The van der Waals surface area contributed by atoms with Crippen molar-refractivity contribution in [3.8, 4) is 5.75 Å². The molecule has 0 aromatic heterocycles. The smallest absolute Gasteiger partial charge is 0.303 e. The number of aliphatic carboxylic acids is 1. The Balaban J connectivity index is 1.52. The first-order valence-corrected chi connectivity index (χ1v) is 12.5. The number of benzene rings is 2. The summed E-state index contributed by atoms with van der Waals surface area (Å²) in [6, 6.07) is 13.1. The van der Waals surface area contributed by atoms with Crippen LogP contribution in [0.2, 0.25) is 0 Å². The van der Waals surface area contributed by atoms with E-state index in [1.807, 2.05) is 0 Å². The lowest BCUT2D eigenvalue weighted by Crippen LogP contribution is -2.41. The van der Waals surface area contributed by atoms with E-state index >= 15 is 0 Å². The average molecular weight is 475 g/mol. The Kier molecular flexibility index (Phi) is 8.94. The minimum absolute atomic E-state index is 0.0797. The summed E-state index contributed by atoms with van der Waals surface area (Å²) in [7, 11) is -3.86. The van der Waals surface area contributed by atoms with E-state index in [1.54, 1.807) is 36.4 Å². The first kappa shape index (κ1) is 24.4. The minimum atomic E-state index is -3.86. The van der Waals surface area contributed by atoms with Gasteiger partial charge >= 0.3 is 5.97 Å². The summed E-state index contributed by atoms with van der Waals surface area (Å²) >= 11 is 0. The summed E-state index contributed by atoms with van der Waals surface area (Å²) in [5.74, 6) is 0.383. The molecule has 10 heteroatoms. The maximum atomic E-state index is 12.9. The van der Waals surface area contributed by atoms with Crippen LogP contribution in [0.3, 0.4) is 0 Å². The molecule has 0 radical (unpaired) electrons. The second-order valence-corrected chi connectivity index (χ2v) is 9.31. The summed E-state index contributed by atoms with van der Waals surface area (Å²) < 4.78 is 34.1. The Labute approximate surface area is 194 Å². The van der Waals surface area contributed by atoms with Gasteiger partial charge in [0, 0.05) is 32.1 Å². The average Bonchev–Trinajstić information content (AvgIpc) is 2.81. The molecule has 2 aromatic rings. The Bertz CT molecular complexity index is 1070. The van der Waals surface area contributed by atoms with Crippen LogP contribution in [0.4, 0.5) is 5.69 Å². The maximum Gasteiger partial charge on any atom is 0.303 e. The van der Waals surface area contributed by atoms with Crippen molar-refractivity contribution >= 4 is 27.6 Å². The number of hydrogen-bond donors (Lipinski definition) is 4. The second kappa shape index (κ2) is 12.1. The van der Waals surface area contributed by atoms with E-state index in [0.717, 1.165) is 44.9 Å². The molecule has 0 saturated carbocycles. The van der Waals surface area contributed by atoms with Gasteiger partial charge in [0.2, 0.25) is 0 Å². The largest absolute Gasteiger partial charge is 0.494 e. The number of carboxylic acid groups (broad SMARTS) is 1. The number of guanidine groups is 1. The van der Waals surface area contributed by atoms with Gasteiger partial charge in [0.05, 0.1) is 17.2 Å². The molecule has 9 nitrogen and oxygen atoms in total. The van der Waals surface area contributed by atoms with Crippen molar-refractivity contribution in [2.75, 3.05) is 31.0 Å². The van der Waals surface area contributed by atoms with Crippen molar-refractivity contribution in [1.29, 1.82) is 0 Å². The highest BCUT2D eigenvalue weighted by Crippen LogP contribution is 2.23. The molecule has 0 bridgehead atoms. The van der Waals surface area contributed by atoms with Crippen LogP contribution in [0, 0.1) is 0 Å². The highest BCUT2D eigenvalue weighted by atomic mass is 32.2. The highest BCUT2D eigenvalue weighted by Gasteiger charge is 2.17. The molecule has 1 aliphatic rings. The summed E-state index contributed by atoms with van der Waals surface area (Å²) in [5, 5.41) is 15.4. The zero-order valence-corrected chi connectivity index (χ0v) is 19.2. The zero-order valence-electron chi connectivity index (χ0n) is 18.4. The van der Waals surface area contributed by atoms with E-state index in [2.05, 4.69) is 20.3 Å². The quantitative estimate of drug-likeness (QED) is 0.348. The number of aryl methyl sites for hydroxylation is 1. The molecule has 4 N–H and O–H groups in total. The molecule has 2 aromatic carbocycles. The third-order valence-electron chi connectivity index (χ3n) is 5.02. The molecule has 0 unspecified atom stereocenters. The molecule has 33 heavy (non-hydrogen) atoms. The Morgan fingerprint density at radius 1 is 1.15 bits per heavy atom. The van der Waals surface area contributed by atoms with Gasteiger partial charge in [-0.25, -0.2) is 8.42 Å². The Hall–Kier alpha value is -3.27. The van der Waals surface area contributed by atoms with Gasteiger partial charge in [-0.3, -0.25) is 14.5 Å². The SMILES string of the molecule is O=C(O)CCc1ccccc1NS(=O)(=O)c1cccc(OCCCCNC2=NCCCN2)c1. The number of unbranched alkanes of at least 4 members (excludes halogenated alkanes) is 1. The van der Waals surface area contributed by atoms with Crippen molar-refractivity contribution in [3.05, 3.63) is 54.1 Å². The maximum absolute atomic E-state index is 12.9. The fraction of sp³-hybridized carbons (Fsp3) is 0.391. The van der Waals surface area contributed by atoms with Gasteiger partial charge in [0.1, 0.15) is 5.75 Å². The molecule has 0 atom stereocenters. The van der Waals surface area contributed by atoms with Crippen LogP contribution in [0.1, 0.15) is 31.2 Å². The third kappa shape index (κ3) is 7.98. The van der Waals surface area contributed by atoms with E-state index in [-0.39, 0.29) is 17.7 Å². The highest BCUT2D eigenvalue weighted by molar-refractivity contribution is 7.92. The van der Waals surface area contributed by atoms with Crippen LogP contribution in [0.5, 0.6) is 5.75 Å². The van der Waals surface area contributed by atoms with Gasteiger partial charge in [-0.15, -0.1) is 0 Å². The van der Waals surface area contributed by atoms with E-state index < -0.39 is 16.0 Å². The van der Waals surface area contributed by atoms with Gasteiger partial charge in [-0.2, -0.15) is 0 Å². The van der Waals surface area contributed by atoms with Crippen LogP contribution in [-0.2, 0) is 21.2 Å². The Morgan fingerprint density at radius 3 is 2.79 bits per heavy atom. The standard InChI is InChI=1S/C23H30N4O5S/c28-22(29)12-11-18-7-1-2-10-21(18)27-33(30,31)20-9-5-8-19(17-20)32-16-4-3-13-24-23-25-14-6-15-26-23/h1-2,5,7-10,17,27H,3-4,6,11-16H2,(H,28,29)(H2,24,25,26). The van der Waals surface area contributed by atoms with Gasteiger partial charge < -0.3 is 20.5 Å². The van der Waals surface area contributed by atoms with Gasteiger partial charge in [-0.05, 0) is 49.4 Å². The summed E-state index contributed by atoms with van der Waals surface area (Å²) in [4.78, 5) is 15.3. The molecule has 178 valence electrons. The van der Waals surface area contributed by atoms with Crippen molar-refractivity contribution in [2.45, 2.75) is 37.0 Å². The number of sulfonamides is 1. The predicted octanol–water partition coefficient (Wildman–Crippen LogP) is 2.60. The molecule has 0 fully saturated rings. The molecular formula is C23H30N4O5S. The molecule has 0 amide bonds. The number of nitrogens with zero attached hydrogens (tertiary/aromatic N) is 1. The van der Waals surface area contributed by atoms with E-state index in [4.69, 9.17) is 9.84 Å². The first-order valence-electron chi connectivity index (χ1n) is 11.0. The summed E-state index contributed by atoms with van der Waals surface area (Å²) in [6.45, 7) is 3.04. The fourth-order valence-corrected chi connectivity index (χ4v) is 4.42. The van der Waals surface area contributed by atoms with Gasteiger partial charge in [0.25, 0.3) is 10.0 Å². The molecular weight excluding hydrogens is 444 g/mol. The monoisotopic (exact) mass is 474 g/mol. The van der Waals surface area contributed by atoms with Crippen molar-refractivity contribution in [2.24, 2.45) is 4.99 Å². The van der Waals surface area contributed by atoms with Gasteiger partial charge in [0.15, 0.2) is 5.96 Å². The summed E-state index contributed by atoms with van der Waals surface area (Å²) in [6.07, 6.45) is 2.91. The minimum Gasteiger partial charge on any atom is -0.494 e. The lowest BCUT2D eigenvalue weighted by Gasteiger charge is -2.16. The number of carbonyl (C=O) groups is 1. The predicted molar refractivity (Wildman–Crippen MR) is 127 cm³/mol. The Morgan fingerprint density at radius 2 is 2.00 bits per heavy atom. The normalized spacial score (nSPS) is 13.5. The molecule has 3 rings (SSSR count). The number of nitrogens with one attached hydrogen (secondary N) is 3. The van der Waals surface area contributed by atoms with Gasteiger partial charge in [-0.1, -0.05) is 24.3 Å². The van der Waals surface area contributed by atoms with E-state index in [1.165, 1.54) is 12.1 Å². The van der Waals surface area contributed by atoms with Crippen molar-refractivity contribution in [3.63, 3.8) is 0 Å². The third-order valence-corrected chi connectivity index (χ3v) is 6.38. The number of anilines is 1.